The van der Waals surface area contributed by atoms with Gasteiger partial charge in [-0.05, 0) is 95.5 Å². The fraction of sp³-hybridized carbons (Fsp3) is 0.152. The van der Waals surface area contributed by atoms with E-state index in [1.165, 1.54) is 55.9 Å². The minimum Gasteiger partial charge on any atom is -0.345 e. The molecule has 0 heterocycles. The van der Waals surface area contributed by atoms with Crippen molar-refractivity contribution in [1.29, 1.82) is 0 Å². The Hall–Kier alpha value is -3.84. The Morgan fingerprint density at radius 2 is 1.12 bits per heavy atom. The highest BCUT2D eigenvalue weighted by Gasteiger charge is 2.16. The highest BCUT2D eigenvalue weighted by Crippen LogP contribution is 2.39. The summed E-state index contributed by atoms with van der Waals surface area (Å²) >= 11 is 0. The Morgan fingerprint density at radius 3 is 1.82 bits per heavy atom. The minimum absolute atomic E-state index is 1.06. The molecule has 0 atom stereocenters. The van der Waals surface area contributed by atoms with E-state index in [1.807, 2.05) is 0 Å². The fourth-order valence-electron chi connectivity index (χ4n) is 4.95. The number of aryl methyl sites for hydroxylation is 2. The third kappa shape index (κ3) is 4.34. The van der Waals surface area contributed by atoms with E-state index in [1.54, 1.807) is 0 Å². The van der Waals surface area contributed by atoms with Crippen LogP contribution >= 0.6 is 0 Å². The molecule has 0 amide bonds. The number of nitrogens with zero attached hydrogens (tertiary/aromatic N) is 1. The number of benzene rings is 4. The summed E-state index contributed by atoms with van der Waals surface area (Å²) in [5.74, 6) is 0. The lowest BCUT2D eigenvalue weighted by Crippen LogP contribution is -2.08. The molecule has 1 nitrogen and oxygen atoms in total. The van der Waals surface area contributed by atoms with Gasteiger partial charge >= 0.3 is 0 Å². The number of para-hydroxylation sites is 1. The summed E-state index contributed by atoms with van der Waals surface area (Å²) in [6.07, 6.45) is 6.76. The van der Waals surface area contributed by atoms with E-state index in [0.29, 0.717) is 0 Å². The minimum atomic E-state index is 1.06. The van der Waals surface area contributed by atoms with Gasteiger partial charge in [-0.25, -0.2) is 0 Å². The molecule has 0 spiro atoms. The molecule has 1 heteroatoms. The van der Waals surface area contributed by atoms with E-state index in [9.17, 15) is 0 Å². The first-order valence-corrected chi connectivity index (χ1v) is 12.1. The van der Waals surface area contributed by atoms with E-state index in [-0.39, 0.29) is 0 Å². The predicted octanol–water partition coefficient (Wildman–Crippen LogP) is 9.00. The molecule has 0 unspecified atom stereocenters. The smallest absolute Gasteiger partial charge is 0.0408 e. The summed E-state index contributed by atoms with van der Waals surface area (Å²) in [4.78, 5) is 2.22. The van der Waals surface area contributed by atoms with E-state index in [0.717, 1.165) is 12.8 Å². The lowest BCUT2D eigenvalue weighted by Gasteiger charge is -2.22. The van der Waals surface area contributed by atoms with E-state index < -0.39 is 0 Å². The largest absolute Gasteiger partial charge is 0.345 e. The molecule has 5 rings (SSSR count). The Kier molecular flexibility index (Phi) is 6.18. The first-order valence-electron chi connectivity index (χ1n) is 12.1. The monoisotopic (exact) mass is 441 g/mol. The average molecular weight is 442 g/mol. The number of hydrogen-bond donors (Lipinski definition) is 0. The van der Waals surface area contributed by atoms with Gasteiger partial charge in [-0.1, -0.05) is 84.9 Å². The van der Waals surface area contributed by atoms with Gasteiger partial charge in [0, 0.05) is 18.4 Å². The third-order valence-corrected chi connectivity index (χ3v) is 6.95. The van der Waals surface area contributed by atoms with Crippen molar-refractivity contribution in [2.24, 2.45) is 0 Å². The zero-order chi connectivity index (χ0) is 23.5. The van der Waals surface area contributed by atoms with Crippen LogP contribution in [0.25, 0.3) is 22.3 Å². The molecule has 4 aromatic carbocycles. The Balaban J connectivity index is 1.43. The first kappa shape index (κ1) is 22.0. The van der Waals surface area contributed by atoms with Crippen molar-refractivity contribution >= 4 is 22.5 Å². The topological polar surface area (TPSA) is 3.24 Å². The van der Waals surface area contributed by atoms with Gasteiger partial charge < -0.3 is 4.90 Å². The number of hydrogen-bond acceptors (Lipinski definition) is 1. The van der Waals surface area contributed by atoms with E-state index in [4.69, 9.17) is 0 Å². The molecule has 0 aliphatic heterocycles. The number of anilines is 2. The summed E-state index contributed by atoms with van der Waals surface area (Å²) in [5.41, 5.74) is 13.3. The lowest BCUT2D eigenvalue weighted by atomic mass is 9.84. The van der Waals surface area contributed by atoms with Crippen molar-refractivity contribution in [2.75, 3.05) is 11.9 Å². The molecular formula is C33H31N. The van der Waals surface area contributed by atoms with Gasteiger partial charge in [0.15, 0.2) is 0 Å². The van der Waals surface area contributed by atoms with Crippen LogP contribution in [0.2, 0.25) is 0 Å². The molecular weight excluding hydrogens is 410 g/mol. The second kappa shape index (κ2) is 9.57. The van der Waals surface area contributed by atoms with Crippen LogP contribution in [0.3, 0.4) is 0 Å². The second-order valence-corrected chi connectivity index (χ2v) is 9.14. The molecule has 0 saturated carbocycles. The molecule has 0 saturated heterocycles. The van der Waals surface area contributed by atoms with Crippen molar-refractivity contribution in [3.63, 3.8) is 0 Å². The van der Waals surface area contributed by atoms with Crippen LogP contribution in [0.1, 0.15) is 35.1 Å². The summed E-state index contributed by atoms with van der Waals surface area (Å²) in [6, 6.07) is 34.9. The van der Waals surface area contributed by atoms with E-state index >= 15 is 0 Å². The highest BCUT2D eigenvalue weighted by atomic mass is 15.1. The van der Waals surface area contributed by atoms with E-state index in [2.05, 4.69) is 135 Å². The quantitative estimate of drug-likeness (QED) is 0.299. The summed E-state index contributed by atoms with van der Waals surface area (Å²) in [7, 11) is 2.12. The summed E-state index contributed by atoms with van der Waals surface area (Å²) < 4.78 is 0. The first-order chi connectivity index (χ1) is 16.6. The molecule has 0 radical (unpaired) electrons. The Bertz CT molecular complexity index is 1360. The zero-order valence-electron chi connectivity index (χ0n) is 20.3. The normalized spacial score (nSPS) is 13.3. The zero-order valence-corrected chi connectivity index (χ0v) is 20.3. The van der Waals surface area contributed by atoms with Gasteiger partial charge in [0.1, 0.15) is 0 Å². The molecule has 0 N–H and O–H groups in total. The van der Waals surface area contributed by atoms with Crippen LogP contribution < -0.4 is 4.90 Å². The van der Waals surface area contributed by atoms with Crippen LogP contribution in [-0.2, 0) is 0 Å². The molecule has 4 aromatic rings. The summed E-state index contributed by atoms with van der Waals surface area (Å²) in [5, 5.41) is 0. The van der Waals surface area contributed by atoms with Crippen molar-refractivity contribution in [2.45, 2.75) is 26.7 Å². The Morgan fingerprint density at radius 1 is 0.529 bits per heavy atom. The Labute approximate surface area is 203 Å². The molecule has 0 aromatic heterocycles. The fourth-order valence-corrected chi connectivity index (χ4v) is 4.95. The lowest BCUT2D eigenvalue weighted by molar-refractivity contribution is 1.07. The van der Waals surface area contributed by atoms with Crippen molar-refractivity contribution in [3.8, 4) is 11.1 Å². The van der Waals surface area contributed by atoms with Gasteiger partial charge in [0.2, 0.25) is 0 Å². The standard InChI is InChI=1S/C33H31N/c1-24-10-7-8-14-31(24)33-25(2)11-9-15-32(33)28-18-16-26(17-19-28)27-20-22-30(23-21-27)34(3)29-12-5-4-6-13-29/h4-16,18,20-23H,17,19H2,1-3H3. The SMILES string of the molecule is Cc1ccccc1-c1c(C)cccc1C1=CC=C(c2ccc(N(C)c3ccccc3)cc2)CC1. The average Bonchev–Trinajstić information content (AvgIpc) is 2.89. The molecule has 34 heavy (non-hydrogen) atoms. The molecule has 0 bridgehead atoms. The molecule has 0 fully saturated rings. The number of rotatable bonds is 5. The maximum atomic E-state index is 2.33. The summed E-state index contributed by atoms with van der Waals surface area (Å²) in [6.45, 7) is 4.43. The maximum absolute atomic E-state index is 2.33. The number of allylic oxidation sites excluding steroid dienone is 4. The van der Waals surface area contributed by atoms with Gasteiger partial charge in [0.25, 0.3) is 0 Å². The van der Waals surface area contributed by atoms with Crippen LogP contribution in [0, 0.1) is 13.8 Å². The predicted molar refractivity (Wildman–Crippen MR) is 147 cm³/mol. The molecule has 168 valence electrons. The van der Waals surface area contributed by atoms with Crippen LogP contribution in [0.15, 0.2) is 109 Å². The van der Waals surface area contributed by atoms with Crippen molar-refractivity contribution in [3.05, 3.63) is 131 Å². The van der Waals surface area contributed by atoms with Gasteiger partial charge in [-0.15, -0.1) is 0 Å². The van der Waals surface area contributed by atoms with Crippen molar-refractivity contribution in [1.82, 2.24) is 0 Å². The maximum Gasteiger partial charge on any atom is 0.0408 e. The second-order valence-electron chi connectivity index (χ2n) is 9.14. The van der Waals surface area contributed by atoms with Crippen molar-refractivity contribution < 1.29 is 0 Å². The third-order valence-electron chi connectivity index (χ3n) is 6.95. The van der Waals surface area contributed by atoms with Crippen LogP contribution in [0.5, 0.6) is 0 Å². The van der Waals surface area contributed by atoms with Crippen LogP contribution in [0.4, 0.5) is 11.4 Å². The molecule has 1 aliphatic rings. The van der Waals surface area contributed by atoms with Gasteiger partial charge in [0.05, 0.1) is 0 Å². The van der Waals surface area contributed by atoms with Crippen LogP contribution in [-0.4, -0.2) is 7.05 Å². The molecule has 1 aliphatic carbocycles. The van der Waals surface area contributed by atoms with Gasteiger partial charge in [-0.3, -0.25) is 0 Å². The van der Waals surface area contributed by atoms with Gasteiger partial charge in [-0.2, -0.15) is 0 Å². The highest BCUT2D eigenvalue weighted by molar-refractivity contribution is 5.87.